The van der Waals surface area contributed by atoms with Crippen molar-refractivity contribution in [3.63, 3.8) is 0 Å². The minimum absolute atomic E-state index is 0.153. The summed E-state index contributed by atoms with van der Waals surface area (Å²) in [6.07, 6.45) is 1.52. The summed E-state index contributed by atoms with van der Waals surface area (Å²) in [5.74, 6) is 0.0716. The molecule has 0 saturated heterocycles. The summed E-state index contributed by atoms with van der Waals surface area (Å²) in [6.45, 7) is 7.62. The number of hydrogen-bond donors (Lipinski definition) is 1. The molecule has 0 spiro atoms. The molecule has 0 aliphatic heterocycles. The number of anilines is 2. The van der Waals surface area contributed by atoms with Crippen LogP contribution in [0.2, 0.25) is 5.02 Å². The molecule has 0 bridgehead atoms. The van der Waals surface area contributed by atoms with E-state index < -0.39 is 5.82 Å². The Labute approximate surface area is 159 Å². The quantitative estimate of drug-likeness (QED) is 0.671. The number of halogens is 2. The lowest BCUT2D eigenvalue weighted by atomic mass is 10.2. The van der Waals surface area contributed by atoms with Gasteiger partial charge in [0.1, 0.15) is 22.8 Å². The Hall–Kier alpha value is -2.25. The molecule has 136 valence electrons. The van der Waals surface area contributed by atoms with E-state index in [1.165, 1.54) is 35.9 Å². The van der Waals surface area contributed by atoms with E-state index in [2.05, 4.69) is 34.0 Å². The fraction of sp³-hybridized carbons (Fsp3) is 0.278. The van der Waals surface area contributed by atoms with Crippen LogP contribution in [-0.2, 0) is 0 Å². The maximum Gasteiger partial charge on any atom is 0.266 e. The van der Waals surface area contributed by atoms with Gasteiger partial charge in [0, 0.05) is 13.1 Å². The van der Waals surface area contributed by atoms with Crippen LogP contribution in [0.15, 0.2) is 24.5 Å². The molecule has 0 unspecified atom stereocenters. The Balaban J connectivity index is 2.01. The van der Waals surface area contributed by atoms with Crippen LogP contribution >= 0.6 is 22.9 Å². The molecule has 0 saturated carbocycles. The second kappa shape index (κ2) is 7.55. The van der Waals surface area contributed by atoms with E-state index in [1.54, 1.807) is 0 Å². The SMILES string of the molecule is CCN(CC)c1ncnc2sc(C(=O)Nc3ccc(F)cc3Cl)c(C)c12. The first-order valence-electron chi connectivity index (χ1n) is 8.21. The van der Waals surface area contributed by atoms with Crippen LogP contribution in [-0.4, -0.2) is 29.0 Å². The number of nitrogens with one attached hydrogen (secondary N) is 1. The number of fused-ring (bicyclic) bond motifs is 1. The molecule has 8 heteroatoms. The highest BCUT2D eigenvalue weighted by molar-refractivity contribution is 7.20. The molecule has 3 rings (SSSR count). The smallest absolute Gasteiger partial charge is 0.266 e. The molecule has 0 aliphatic rings. The van der Waals surface area contributed by atoms with Gasteiger partial charge >= 0.3 is 0 Å². The predicted molar refractivity (Wildman–Crippen MR) is 105 cm³/mol. The maximum atomic E-state index is 13.2. The van der Waals surface area contributed by atoms with E-state index in [0.29, 0.717) is 10.6 Å². The van der Waals surface area contributed by atoms with Crippen molar-refractivity contribution < 1.29 is 9.18 Å². The van der Waals surface area contributed by atoms with Crippen molar-refractivity contribution in [2.75, 3.05) is 23.3 Å². The third-order valence-corrected chi connectivity index (χ3v) is 5.67. The van der Waals surface area contributed by atoms with Crippen molar-refractivity contribution in [1.82, 2.24) is 9.97 Å². The lowest BCUT2D eigenvalue weighted by molar-refractivity contribution is 0.103. The van der Waals surface area contributed by atoms with Crippen LogP contribution < -0.4 is 10.2 Å². The number of carbonyl (C=O) groups excluding carboxylic acids is 1. The van der Waals surface area contributed by atoms with E-state index in [4.69, 9.17) is 11.6 Å². The largest absolute Gasteiger partial charge is 0.357 e. The fourth-order valence-corrected chi connectivity index (χ4v) is 4.06. The lowest BCUT2D eigenvalue weighted by Gasteiger charge is -2.20. The van der Waals surface area contributed by atoms with Crippen molar-refractivity contribution >= 4 is 50.6 Å². The molecule has 2 heterocycles. The molecular weight excluding hydrogens is 375 g/mol. The highest BCUT2D eigenvalue weighted by atomic mass is 35.5. The minimum atomic E-state index is -0.454. The molecule has 5 nitrogen and oxygen atoms in total. The molecule has 0 radical (unpaired) electrons. The summed E-state index contributed by atoms with van der Waals surface area (Å²) in [7, 11) is 0. The van der Waals surface area contributed by atoms with Gasteiger partial charge in [0.25, 0.3) is 5.91 Å². The third-order valence-electron chi connectivity index (χ3n) is 4.16. The molecule has 0 aliphatic carbocycles. The average Bonchev–Trinajstić information content (AvgIpc) is 2.96. The Bertz CT molecular complexity index is 971. The van der Waals surface area contributed by atoms with Gasteiger partial charge in [0.2, 0.25) is 0 Å². The van der Waals surface area contributed by atoms with Crippen LogP contribution in [0.25, 0.3) is 10.2 Å². The molecule has 26 heavy (non-hydrogen) atoms. The number of thiophene rings is 1. The molecule has 0 fully saturated rings. The lowest BCUT2D eigenvalue weighted by Crippen LogP contribution is -2.23. The summed E-state index contributed by atoms with van der Waals surface area (Å²) in [5.41, 5.74) is 1.19. The van der Waals surface area contributed by atoms with E-state index in [1.807, 2.05) is 6.92 Å². The fourth-order valence-electron chi connectivity index (χ4n) is 2.80. The molecule has 2 aromatic heterocycles. The van der Waals surface area contributed by atoms with Crippen molar-refractivity contribution in [1.29, 1.82) is 0 Å². The Morgan fingerprint density at radius 2 is 2.04 bits per heavy atom. The van der Waals surface area contributed by atoms with E-state index in [0.717, 1.165) is 34.7 Å². The number of amides is 1. The summed E-state index contributed by atoms with van der Waals surface area (Å²) in [5, 5.41) is 3.78. The van der Waals surface area contributed by atoms with Gasteiger partial charge in [-0.2, -0.15) is 0 Å². The normalized spacial score (nSPS) is 11.0. The van der Waals surface area contributed by atoms with Gasteiger partial charge in [0.05, 0.1) is 21.0 Å². The molecule has 1 aromatic carbocycles. The van der Waals surface area contributed by atoms with E-state index in [9.17, 15) is 9.18 Å². The van der Waals surface area contributed by atoms with Crippen molar-refractivity contribution in [2.45, 2.75) is 20.8 Å². The van der Waals surface area contributed by atoms with Crippen LogP contribution in [0, 0.1) is 12.7 Å². The monoisotopic (exact) mass is 392 g/mol. The zero-order valence-electron chi connectivity index (χ0n) is 14.6. The van der Waals surface area contributed by atoms with Crippen LogP contribution in [0.5, 0.6) is 0 Å². The first kappa shape index (κ1) is 18.5. The predicted octanol–water partition coefficient (Wildman–Crippen LogP) is 4.89. The summed E-state index contributed by atoms with van der Waals surface area (Å²) in [4.78, 5) is 24.9. The van der Waals surface area contributed by atoms with Gasteiger partial charge in [-0.05, 0) is 44.5 Å². The van der Waals surface area contributed by atoms with Gasteiger partial charge in [-0.15, -0.1) is 11.3 Å². The average molecular weight is 393 g/mol. The van der Waals surface area contributed by atoms with Crippen LogP contribution in [0.3, 0.4) is 0 Å². The zero-order chi connectivity index (χ0) is 18.8. The maximum absolute atomic E-state index is 13.2. The number of aromatic nitrogens is 2. The number of nitrogens with zero attached hydrogens (tertiary/aromatic N) is 3. The van der Waals surface area contributed by atoms with Gasteiger partial charge in [-0.25, -0.2) is 14.4 Å². The highest BCUT2D eigenvalue weighted by Gasteiger charge is 2.21. The molecule has 3 aromatic rings. The molecule has 1 amide bonds. The van der Waals surface area contributed by atoms with Crippen LogP contribution in [0.1, 0.15) is 29.1 Å². The second-order valence-electron chi connectivity index (χ2n) is 5.68. The highest BCUT2D eigenvalue weighted by Crippen LogP contribution is 2.35. The second-order valence-corrected chi connectivity index (χ2v) is 7.09. The standard InChI is InChI=1S/C18H18ClFN4OS/c1-4-24(5-2)16-14-10(3)15(26-18(14)22-9-21-16)17(25)23-13-7-6-11(20)8-12(13)19/h6-9H,4-5H2,1-3H3,(H,23,25). The molecule has 0 atom stereocenters. The van der Waals surface area contributed by atoms with Crippen molar-refractivity contribution in [2.24, 2.45) is 0 Å². The molecule has 1 N–H and O–H groups in total. The Kier molecular flexibility index (Phi) is 5.38. The Morgan fingerprint density at radius 3 is 2.69 bits per heavy atom. The number of hydrogen-bond acceptors (Lipinski definition) is 5. The summed E-state index contributed by atoms with van der Waals surface area (Å²) in [6, 6.07) is 3.86. The third kappa shape index (κ3) is 3.37. The van der Waals surface area contributed by atoms with Crippen molar-refractivity contribution in [3.05, 3.63) is 45.8 Å². The summed E-state index contributed by atoms with van der Waals surface area (Å²) < 4.78 is 13.2. The first-order chi connectivity index (χ1) is 12.5. The van der Waals surface area contributed by atoms with E-state index in [-0.39, 0.29) is 10.9 Å². The van der Waals surface area contributed by atoms with Crippen LogP contribution in [0.4, 0.5) is 15.9 Å². The topological polar surface area (TPSA) is 58.1 Å². The number of aryl methyl sites for hydroxylation is 1. The Morgan fingerprint density at radius 1 is 1.31 bits per heavy atom. The van der Waals surface area contributed by atoms with Gasteiger partial charge in [-0.1, -0.05) is 11.6 Å². The van der Waals surface area contributed by atoms with Gasteiger partial charge in [-0.3, -0.25) is 4.79 Å². The first-order valence-corrected chi connectivity index (χ1v) is 9.41. The number of rotatable bonds is 5. The van der Waals surface area contributed by atoms with Gasteiger partial charge < -0.3 is 10.2 Å². The van der Waals surface area contributed by atoms with Gasteiger partial charge in [0.15, 0.2) is 0 Å². The number of benzene rings is 1. The minimum Gasteiger partial charge on any atom is -0.357 e. The molecular formula is C18H18ClFN4OS. The zero-order valence-corrected chi connectivity index (χ0v) is 16.2. The summed E-state index contributed by atoms with van der Waals surface area (Å²) >= 11 is 7.31. The number of carbonyl (C=O) groups is 1. The van der Waals surface area contributed by atoms with Crippen molar-refractivity contribution in [3.8, 4) is 0 Å². The van der Waals surface area contributed by atoms with E-state index >= 15 is 0 Å².